The lowest BCUT2D eigenvalue weighted by Gasteiger charge is -2.28. The Kier molecular flexibility index (Phi) is 8.60. The van der Waals surface area contributed by atoms with Crippen LogP contribution in [-0.2, 0) is 9.59 Å². The van der Waals surface area contributed by atoms with E-state index >= 15 is 0 Å². The van der Waals surface area contributed by atoms with E-state index in [0.29, 0.717) is 10.8 Å². The minimum absolute atomic E-state index is 0.252. The van der Waals surface area contributed by atoms with Crippen molar-refractivity contribution >= 4 is 23.4 Å². The van der Waals surface area contributed by atoms with Crippen LogP contribution in [0.25, 0.3) is 0 Å². The first-order valence-corrected chi connectivity index (χ1v) is 12.4. The molecule has 4 aromatic carbocycles. The molecule has 0 aliphatic heterocycles. The van der Waals surface area contributed by atoms with Crippen molar-refractivity contribution < 1.29 is 14.3 Å². The zero-order valence-corrected chi connectivity index (χ0v) is 21.5. The molecule has 6 heteroatoms. The standard InChI is InChI=1S/C31H29ClN2O3/c1-21-18-26(19-22(2)30(21)32)37-20-27(35)33-34-31(36)29(25-16-10-5-11-17-25)28(23-12-6-3-7-13-23)24-14-8-4-9-15-24/h3-19,28-29H,20H2,1-2H3,(H,33,35)(H,34,36). The normalized spacial score (nSPS) is 11.6. The summed E-state index contributed by atoms with van der Waals surface area (Å²) >= 11 is 6.21. The number of hydrogen-bond donors (Lipinski definition) is 2. The van der Waals surface area contributed by atoms with Gasteiger partial charge in [-0.1, -0.05) is 103 Å². The molecule has 0 heterocycles. The molecule has 0 radical (unpaired) electrons. The van der Waals surface area contributed by atoms with E-state index < -0.39 is 11.8 Å². The number of nitrogens with one attached hydrogen (secondary N) is 2. The Morgan fingerprint density at radius 1 is 0.730 bits per heavy atom. The Morgan fingerprint density at radius 3 is 1.68 bits per heavy atom. The molecule has 0 saturated carbocycles. The third kappa shape index (κ3) is 6.57. The maximum atomic E-state index is 13.7. The largest absolute Gasteiger partial charge is 0.484 e. The molecule has 0 fully saturated rings. The maximum Gasteiger partial charge on any atom is 0.276 e. The number of ether oxygens (including phenoxy) is 1. The highest BCUT2D eigenvalue weighted by molar-refractivity contribution is 6.32. The summed E-state index contributed by atoms with van der Waals surface area (Å²) in [6.45, 7) is 3.50. The van der Waals surface area contributed by atoms with Crippen molar-refractivity contribution in [2.45, 2.75) is 25.7 Å². The van der Waals surface area contributed by atoms with Crippen molar-refractivity contribution in [2.24, 2.45) is 0 Å². The molecular weight excluding hydrogens is 484 g/mol. The van der Waals surface area contributed by atoms with E-state index in [9.17, 15) is 9.59 Å². The lowest BCUT2D eigenvalue weighted by atomic mass is 9.77. The number of carbonyl (C=O) groups excluding carboxylic acids is 2. The molecular formula is C31H29ClN2O3. The predicted octanol–water partition coefficient (Wildman–Crippen LogP) is 6.10. The Balaban J connectivity index is 1.53. The number of carbonyl (C=O) groups is 2. The van der Waals surface area contributed by atoms with Crippen molar-refractivity contribution in [1.29, 1.82) is 0 Å². The number of hydrogen-bond acceptors (Lipinski definition) is 3. The van der Waals surface area contributed by atoms with Crippen LogP contribution in [0.1, 0.15) is 39.7 Å². The highest BCUT2D eigenvalue weighted by Gasteiger charge is 2.32. The number of amides is 2. The van der Waals surface area contributed by atoms with E-state index in [2.05, 4.69) is 10.9 Å². The fourth-order valence-corrected chi connectivity index (χ4v) is 4.55. The average Bonchev–Trinajstić information content (AvgIpc) is 2.93. The van der Waals surface area contributed by atoms with Crippen molar-refractivity contribution in [1.82, 2.24) is 10.9 Å². The molecule has 0 aliphatic carbocycles. The van der Waals surface area contributed by atoms with E-state index in [0.717, 1.165) is 27.8 Å². The summed E-state index contributed by atoms with van der Waals surface area (Å²) in [5.41, 5.74) is 9.72. The summed E-state index contributed by atoms with van der Waals surface area (Å²) < 4.78 is 5.63. The van der Waals surface area contributed by atoms with Crippen LogP contribution < -0.4 is 15.6 Å². The Hall–Kier alpha value is -4.09. The zero-order chi connectivity index (χ0) is 26.2. The van der Waals surface area contributed by atoms with Crippen molar-refractivity contribution in [3.8, 4) is 5.75 Å². The minimum atomic E-state index is -0.589. The molecule has 4 aromatic rings. The third-order valence-electron chi connectivity index (χ3n) is 6.20. The molecule has 4 rings (SSSR count). The molecule has 0 aromatic heterocycles. The Labute approximate surface area is 222 Å². The molecule has 0 saturated heterocycles. The number of benzene rings is 4. The van der Waals surface area contributed by atoms with Gasteiger partial charge >= 0.3 is 0 Å². The van der Waals surface area contributed by atoms with Gasteiger partial charge in [-0.3, -0.25) is 20.4 Å². The molecule has 37 heavy (non-hydrogen) atoms. The van der Waals surface area contributed by atoms with Crippen molar-refractivity contribution in [2.75, 3.05) is 6.61 Å². The average molecular weight is 513 g/mol. The molecule has 188 valence electrons. The second kappa shape index (κ2) is 12.2. The van der Waals surface area contributed by atoms with Crippen LogP contribution in [0.5, 0.6) is 5.75 Å². The van der Waals surface area contributed by atoms with Crippen LogP contribution in [0.4, 0.5) is 0 Å². The summed E-state index contributed by atoms with van der Waals surface area (Å²) in [6.07, 6.45) is 0. The summed E-state index contributed by atoms with van der Waals surface area (Å²) in [6, 6.07) is 33.0. The quantitative estimate of drug-likeness (QED) is 0.280. The second-order valence-electron chi connectivity index (χ2n) is 8.88. The number of aryl methyl sites for hydroxylation is 2. The summed E-state index contributed by atoms with van der Waals surface area (Å²) in [5, 5.41) is 0.669. The third-order valence-corrected chi connectivity index (χ3v) is 6.79. The number of rotatable bonds is 8. The second-order valence-corrected chi connectivity index (χ2v) is 9.26. The van der Waals surface area contributed by atoms with Gasteiger partial charge in [0.1, 0.15) is 5.75 Å². The van der Waals surface area contributed by atoms with Gasteiger partial charge in [-0.2, -0.15) is 0 Å². The first-order valence-electron chi connectivity index (χ1n) is 12.1. The van der Waals surface area contributed by atoms with Gasteiger partial charge < -0.3 is 4.74 Å². The fraction of sp³-hybridized carbons (Fsp3) is 0.161. The van der Waals surface area contributed by atoms with Crippen LogP contribution in [-0.4, -0.2) is 18.4 Å². The molecule has 0 aliphatic rings. The molecule has 1 unspecified atom stereocenters. The smallest absolute Gasteiger partial charge is 0.276 e. The predicted molar refractivity (Wildman–Crippen MR) is 147 cm³/mol. The van der Waals surface area contributed by atoms with Crippen LogP contribution in [0, 0.1) is 13.8 Å². The minimum Gasteiger partial charge on any atom is -0.484 e. The molecule has 1 atom stereocenters. The highest BCUT2D eigenvalue weighted by atomic mass is 35.5. The van der Waals surface area contributed by atoms with Gasteiger partial charge in [0, 0.05) is 10.9 Å². The molecule has 0 bridgehead atoms. The van der Waals surface area contributed by atoms with E-state index in [1.165, 1.54) is 0 Å². The van der Waals surface area contributed by atoms with E-state index in [1.807, 2.05) is 105 Å². The molecule has 2 amide bonds. The summed E-state index contributed by atoms with van der Waals surface area (Å²) in [7, 11) is 0. The van der Waals surface area contributed by atoms with Gasteiger partial charge in [-0.05, 0) is 53.8 Å². The van der Waals surface area contributed by atoms with Gasteiger partial charge in [0.05, 0.1) is 5.92 Å². The maximum absolute atomic E-state index is 13.7. The Bertz CT molecular complexity index is 1280. The first kappa shape index (κ1) is 26.0. The monoisotopic (exact) mass is 512 g/mol. The van der Waals surface area contributed by atoms with E-state index in [4.69, 9.17) is 16.3 Å². The van der Waals surface area contributed by atoms with Gasteiger partial charge in [0.15, 0.2) is 6.61 Å². The highest BCUT2D eigenvalue weighted by Crippen LogP contribution is 2.38. The van der Waals surface area contributed by atoms with Crippen molar-refractivity contribution in [3.05, 3.63) is 136 Å². The lowest BCUT2D eigenvalue weighted by molar-refractivity contribution is -0.130. The van der Waals surface area contributed by atoms with Crippen LogP contribution >= 0.6 is 11.6 Å². The van der Waals surface area contributed by atoms with Crippen molar-refractivity contribution in [3.63, 3.8) is 0 Å². The van der Waals surface area contributed by atoms with Gasteiger partial charge in [-0.15, -0.1) is 0 Å². The van der Waals surface area contributed by atoms with Gasteiger partial charge in [0.2, 0.25) is 5.91 Å². The lowest BCUT2D eigenvalue weighted by Crippen LogP contribution is -2.46. The molecule has 5 nitrogen and oxygen atoms in total. The number of hydrazine groups is 1. The van der Waals surface area contributed by atoms with Gasteiger partial charge in [-0.25, -0.2) is 0 Å². The summed E-state index contributed by atoms with van der Waals surface area (Å²) in [4.78, 5) is 26.2. The Morgan fingerprint density at radius 2 is 1.19 bits per heavy atom. The topological polar surface area (TPSA) is 67.4 Å². The molecule has 2 N–H and O–H groups in total. The van der Waals surface area contributed by atoms with Crippen LogP contribution in [0.2, 0.25) is 5.02 Å². The molecule has 0 spiro atoms. The zero-order valence-electron chi connectivity index (χ0n) is 20.8. The first-order chi connectivity index (χ1) is 17.9. The number of halogens is 1. The summed E-state index contributed by atoms with van der Waals surface area (Å²) in [5.74, 6) is -1.11. The van der Waals surface area contributed by atoms with E-state index in [-0.39, 0.29) is 18.4 Å². The SMILES string of the molecule is Cc1cc(OCC(=O)NNC(=O)C(c2ccccc2)C(c2ccccc2)c2ccccc2)cc(C)c1Cl. The van der Waals surface area contributed by atoms with Gasteiger partial charge in [0.25, 0.3) is 5.91 Å². The fourth-order valence-electron chi connectivity index (χ4n) is 4.44. The van der Waals surface area contributed by atoms with Crippen LogP contribution in [0.3, 0.4) is 0 Å². The van der Waals surface area contributed by atoms with Crippen LogP contribution in [0.15, 0.2) is 103 Å². The van der Waals surface area contributed by atoms with E-state index in [1.54, 1.807) is 12.1 Å².